The number of anilines is 2. The predicted octanol–water partition coefficient (Wildman–Crippen LogP) is 14.2. The number of hydrogen-bond donors (Lipinski definition) is 0. The van der Waals surface area contributed by atoms with E-state index in [1.807, 2.05) is 0 Å². The van der Waals surface area contributed by atoms with Crippen molar-refractivity contribution in [2.75, 3.05) is 4.90 Å². The van der Waals surface area contributed by atoms with Crippen molar-refractivity contribution in [3.63, 3.8) is 0 Å². The lowest BCUT2D eigenvalue weighted by atomic mass is 9.67. The van der Waals surface area contributed by atoms with Gasteiger partial charge in [0.15, 0.2) is 0 Å². The van der Waals surface area contributed by atoms with Crippen molar-refractivity contribution in [1.82, 2.24) is 4.57 Å². The molecule has 9 aromatic rings. The monoisotopic (exact) mass is 728 g/mol. The van der Waals surface area contributed by atoms with Crippen LogP contribution in [0.2, 0.25) is 0 Å². The van der Waals surface area contributed by atoms with Crippen molar-refractivity contribution >= 4 is 33.2 Å². The van der Waals surface area contributed by atoms with Crippen LogP contribution >= 0.6 is 0 Å². The topological polar surface area (TPSA) is 8.17 Å². The van der Waals surface area contributed by atoms with Gasteiger partial charge < -0.3 is 9.47 Å². The number of benzene rings is 8. The zero-order valence-corrected chi connectivity index (χ0v) is 31.6. The summed E-state index contributed by atoms with van der Waals surface area (Å²) in [6.45, 7) is 0. The normalized spacial score (nSPS) is 14.0. The fourth-order valence-electron chi connectivity index (χ4n) is 9.59. The molecule has 270 valence electrons. The van der Waals surface area contributed by atoms with E-state index in [0.29, 0.717) is 0 Å². The Kier molecular flexibility index (Phi) is 7.89. The smallest absolute Gasteiger partial charge is 0.0714 e. The van der Waals surface area contributed by atoms with Crippen LogP contribution in [0.5, 0.6) is 0 Å². The summed E-state index contributed by atoms with van der Waals surface area (Å²) >= 11 is 0. The molecule has 0 spiro atoms. The van der Waals surface area contributed by atoms with E-state index >= 15 is 0 Å². The molecule has 0 unspecified atom stereocenters. The third-order valence-corrected chi connectivity index (χ3v) is 12.1. The summed E-state index contributed by atoms with van der Waals surface area (Å²) in [7, 11) is 0. The zero-order chi connectivity index (χ0) is 37.8. The molecule has 11 rings (SSSR count). The Balaban J connectivity index is 1.05. The van der Waals surface area contributed by atoms with Crippen LogP contribution in [0.15, 0.2) is 224 Å². The molecule has 1 heterocycles. The van der Waals surface area contributed by atoms with E-state index in [1.165, 1.54) is 77.7 Å². The van der Waals surface area contributed by atoms with Crippen LogP contribution in [-0.2, 0) is 5.41 Å². The van der Waals surface area contributed by atoms with E-state index in [4.69, 9.17) is 0 Å². The summed E-state index contributed by atoms with van der Waals surface area (Å²) < 4.78 is 2.38. The van der Waals surface area contributed by atoms with E-state index in [9.17, 15) is 0 Å². The fraction of sp³-hybridized carbons (Fsp3) is 0.0545. The molecular formula is C55H40N2. The Labute approximate surface area is 333 Å². The maximum absolute atomic E-state index is 2.46. The maximum atomic E-state index is 2.46. The minimum absolute atomic E-state index is 0.459. The maximum Gasteiger partial charge on any atom is 0.0714 e. The van der Waals surface area contributed by atoms with E-state index in [0.717, 1.165) is 24.2 Å². The van der Waals surface area contributed by atoms with Gasteiger partial charge in [-0.3, -0.25) is 0 Å². The standard InChI is InChI=1S/C55H40N2/c1-5-17-41(18-6-1)55(42-19-7-2-8-20-42)51-27-15-13-25-47(51)48-35-34-46(38-52(48)55)56(43-21-9-3-10-22-43)45-32-29-39(30-33-45)40-31-36-54-50(37-40)49-26-14-16-28-53(49)57(54)44-23-11-4-12-24-44/h1-2,4-9,11-38H,3,10H2. The Morgan fingerprint density at radius 2 is 1.05 bits per heavy atom. The Morgan fingerprint density at radius 3 is 1.79 bits per heavy atom. The molecule has 0 bridgehead atoms. The average molecular weight is 729 g/mol. The highest BCUT2D eigenvalue weighted by Gasteiger charge is 2.46. The molecule has 0 aliphatic heterocycles. The summed E-state index contributed by atoms with van der Waals surface area (Å²) in [4.78, 5) is 2.44. The average Bonchev–Trinajstić information content (AvgIpc) is 3.78. The number of allylic oxidation sites excluding steroid dienone is 3. The molecule has 0 radical (unpaired) electrons. The molecular weight excluding hydrogens is 689 g/mol. The van der Waals surface area contributed by atoms with Gasteiger partial charge >= 0.3 is 0 Å². The van der Waals surface area contributed by atoms with Gasteiger partial charge in [-0.15, -0.1) is 0 Å². The summed E-state index contributed by atoms with van der Waals surface area (Å²) in [5.41, 5.74) is 16.8. The first kappa shape index (κ1) is 33.2. The van der Waals surface area contributed by atoms with Gasteiger partial charge in [-0.25, -0.2) is 0 Å². The second-order valence-corrected chi connectivity index (χ2v) is 15.2. The Bertz CT molecular complexity index is 2950. The van der Waals surface area contributed by atoms with Gasteiger partial charge in [-0.2, -0.15) is 0 Å². The lowest BCUT2D eigenvalue weighted by Gasteiger charge is -2.35. The van der Waals surface area contributed by atoms with E-state index in [-0.39, 0.29) is 0 Å². The van der Waals surface area contributed by atoms with Crippen LogP contribution in [-0.4, -0.2) is 4.57 Å². The lowest BCUT2D eigenvalue weighted by molar-refractivity contribution is 0.768. The van der Waals surface area contributed by atoms with Gasteiger partial charge in [-0.1, -0.05) is 158 Å². The van der Waals surface area contributed by atoms with Gasteiger partial charge in [0, 0.05) is 33.5 Å². The summed E-state index contributed by atoms with van der Waals surface area (Å²) in [5, 5.41) is 2.52. The highest BCUT2D eigenvalue weighted by atomic mass is 15.1. The number of nitrogens with zero attached hydrogens (tertiary/aromatic N) is 2. The second-order valence-electron chi connectivity index (χ2n) is 15.2. The van der Waals surface area contributed by atoms with Crippen LogP contribution in [0.3, 0.4) is 0 Å². The number of hydrogen-bond acceptors (Lipinski definition) is 1. The van der Waals surface area contributed by atoms with Crippen molar-refractivity contribution in [3.8, 4) is 27.9 Å². The Hall–Kier alpha value is -7.16. The van der Waals surface area contributed by atoms with E-state index in [2.05, 4.69) is 228 Å². The van der Waals surface area contributed by atoms with Crippen molar-refractivity contribution in [2.45, 2.75) is 18.3 Å². The van der Waals surface area contributed by atoms with Crippen LogP contribution in [0.25, 0.3) is 49.7 Å². The van der Waals surface area contributed by atoms with Crippen LogP contribution < -0.4 is 4.90 Å². The van der Waals surface area contributed by atoms with Crippen LogP contribution in [0, 0.1) is 0 Å². The van der Waals surface area contributed by atoms with Crippen molar-refractivity contribution < 1.29 is 0 Å². The second kappa shape index (κ2) is 13.5. The van der Waals surface area contributed by atoms with E-state index < -0.39 is 5.41 Å². The van der Waals surface area contributed by atoms with Gasteiger partial charge in [-0.05, 0) is 118 Å². The summed E-state index contributed by atoms with van der Waals surface area (Å²) in [5.74, 6) is 0. The first-order valence-corrected chi connectivity index (χ1v) is 20.0. The van der Waals surface area contributed by atoms with Gasteiger partial charge in [0.2, 0.25) is 0 Å². The molecule has 2 aliphatic rings. The molecule has 57 heavy (non-hydrogen) atoms. The molecule has 2 heteroatoms. The summed E-state index contributed by atoms with van der Waals surface area (Å²) in [6, 6.07) is 73.7. The highest BCUT2D eigenvalue weighted by Crippen LogP contribution is 2.57. The minimum Gasteiger partial charge on any atom is -0.311 e. The van der Waals surface area contributed by atoms with Crippen molar-refractivity contribution in [3.05, 3.63) is 246 Å². The number of aromatic nitrogens is 1. The van der Waals surface area contributed by atoms with E-state index in [1.54, 1.807) is 0 Å². The Morgan fingerprint density at radius 1 is 0.439 bits per heavy atom. The largest absolute Gasteiger partial charge is 0.311 e. The summed E-state index contributed by atoms with van der Waals surface area (Å²) in [6.07, 6.45) is 9.06. The number of para-hydroxylation sites is 2. The van der Waals surface area contributed by atoms with Gasteiger partial charge in [0.1, 0.15) is 0 Å². The number of fused-ring (bicyclic) bond motifs is 6. The lowest BCUT2D eigenvalue weighted by Crippen LogP contribution is -2.29. The predicted molar refractivity (Wildman–Crippen MR) is 239 cm³/mol. The third-order valence-electron chi connectivity index (χ3n) is 12.1. The zero-order valence-electron chi connectivity index (χ0n) is 31.6. The fourth-order valence-corrected chi connectivity index (χ4v) is 9.59. The molecule has 0 amide bonds. The molecule has 0 saturated heterocycles. The third kappa shape index (κ3) is 5.25. The first-order valence-electron chi connectivity index (χ1n) is 20.0. The highest BCUT2D eigenvalue weighted by molar-refractivity contribution is 6.10. The van der Waals surface area contributed by atoms with Crippen molar-refractivity contribution in [1.29, 1.82) is 0 Å². The van der Waals surface area contributed by atoms with Crippen LogP contribution in [0.1, 0.15) is 35.1 Å². The molecule has 0 saturated carbocycles. The molecule has 2 nitrogen and oxygen atoms in total. The SMILES string of the molecule is C1=CC(N(c2ccc(-c3ccc4c(c3)c3ccccc3n4-c3ccccc3)cc2)c2ccc3c(c2)C(c2ccccc2)(c2ccccc2)c2ccccc2-3)=CCC1. The van der Waals surface area contributed by atoms with Gasteiger partial charge in [0.25, 0.3) is 0 Å². The molecule has 8 aromatic carbocycles. The molecule has 2 aliphatic carbocycles. The molecule has 0 N–H and O–H groups in total. The molecule has 1 aromatic heterocycles. The van der Waals surface area contributed by atoms with Crippen LogP contribution in [0.4, 0.5) is 11.4 Å². The van der Waals surface area contributed by atoms with Crippen molar-refractivity contribution in [2.24, 2.45) is 0 Å². The number of rotatable bonds is 7. The quantitative estimate of drug-likeness (QED) is 0.159. The molecule has 0 fully saturated rings. The molecule has 0 atom stereocenters. The van der Waals surface area contributed by atoms with Gasteiger partial charge in [0.05, 0.1) is 16.4 Å². The first-order chi connectivity index (χ1) is 28.3. The minimum atomic E-state index is -0.459.